The Morgan fingerprint density at radius 1 is 1.42 bits per heavy atom. The Morgan fingerprint density at radius 2 is 2.21 bits per heavy atom. The highest BCUT2D eigenvalue weighted by molar-refractivity contribution is 5.38. The zero-order valence-electron chi connectivity index (χ0n) is 12.2. The Hall–Kier alpha value is -1.36. The van der Waals surface area contributed by atoms with Crippen LogP contribution in [0.5, 0.6) is 0 Å². The highest BCUT2D eigenvalue weighted by Gasteiger charge is 2.00. The van der Waals surface area contributed by atoms with Crippen molar-refractivity contribution < 1.29 is 4.74 Å². The van der Waals surface area contributed by atoms with Crippen molar-refractivity contribution in [3.8, 4) is 0 Å². The molecule has 0 aliphatic carbocycles. The maximum atomic E-state index is 11.8. The molecule has 0 aromatic carbocycles. The molecule has 0 radical (unpaired) electrons. The molecule has 0 atom stereocenters. The van der Waals surface area contributed by atoms with Crippen LogP contribution in [0.1, 0.15) is 33.6 Å². The third kappa shape index (κ3) is 6.38. The highest BCUT2D eigenvalue weighted by Crippen LogP contribution is 2.00. The van der Waals surface area contributed by atoms with Crippen molar-refractivity contribution in [2.45, 2.75) is 40.2 Å². The summed E-state index contributed by atoms with van der Waals surface area (Å²) in [6.07, 6.45) is 3.75. The number of hydrogen-bond acceptors (Lipinski definition) is 4. The van der Waals surface area contributed by atoms with E-state index >= 15 is 0 Å². The van der Waals surface area contributed by atoms with Crippen molar-refractivity contribution in [1.82, 2.24) is 9.78 Å². The maximum Gasteiger partial charge on any atom is 0.268 e. The summed E-state index contributed by atoms with van der Waals surface area (Å²) >= 11 is 0. The van der Waals surface area contributed by atoms with E-state index in [4.69, 9.17) is 4.74 Å². The second kappa shape index (κ2) is 8.69. The van der Waals surface area contributed by atoms with E-state index in [1.54, 1.807) is 12.3 Å². The van der Waals surface area contributed by atoms with Crippen LogP contribution < -0.4 is 10.9 Å². The molecule has 0 spiro atoms. The minimum absolute atomic E-state index is 0.0893. The first-order valence-corrected chi connectivity index (χ1v) is 7.02. The minimum Gasteiger partial charge on any atom is -0.384 e. The van der Waals surface area contributed by atoms with Gasteiger partial charge in [0.15, 0.2) is 0 Å². The first-order valence-electron chi connectivity index (χ1n) is 7.02. The fourth-order valence-corrected chi connectivity index (χ4v) is 1.54. The Morgan fingerprint density at radius 3 is 2.84 bits per heavy atom. The van der Waals surface area contributed by atoms with E-state index in [1.165, 1.54) is 4.68 Å². The molecule has 108 valence electrons. The lowest BCUT2D eigenvalue weighted by molar-refractivity contribution is 0.113. The lowest BCUT2D eigenvalue weighted by atomic mass is 10.1. The Labute approximate surface area is 115 Å². The summed E-state index contributed by atoms with van der Waals surface area (Å²) in [5.41, 5.74) is 0.692. The zero-order valence-corrected chi connectivity index (χ0v) is 12.2. The molecule has 5 nitrogen and oxygen atoms in total. The normalized spacial score (nSPS) is 10.9. The number of anilines is 1. The van der Waals surface area contributed by atoms with E-state index in [0.29, 0.717) is 19.1 Å². The quantitative estimate of drug-likeness (QED) is 0.696. The number of rotatable bonds is 9. The van der Waals surface area contributed by atoms with Gasteiger partial charge in [-0.15, -0.1) is 0 Å². The molecule has 1 aromatic rings. The van der Waals surface area contributed by atoms with Crippen LogP contribution in [0.3, 0.4) is 0 Å². The molecule has 19 heavy (non-hydrogen) atoms. The maximum absolute atomic E-state index is 11.8. The van der Waals surface area contributed by atoms with E-state index in [0.717, 1.165) is 31.7 Å². The summed E-state index contributed by atoms with van der Waals surface area (Å²) in [4.78, 5) is 11.8. The van der Waals surface area contributed by atoms with Crippen LogP contribution in [-0.4, -0.2) is 29.5 Å². The predicted molar refractivity (Wildman–Crippen MR) is 77.6 cm³/mol. The molecule has 1 rings (SSSR count). The van der Waals surface area contributed by atoms with Crippen molar-refractivity contribution in [1.29, 1.82) is 0 Å². The topological polar surface area (TPSA) is 56.1 Å². The number of ether oxygens (including phenoxy) is 1. The SMILES string of the molecule is CCCNc1cnn(CCOCCC(C)C)c(=O)c1. The molecule has 0 bridgehead atoms. The first-order chi connectivity index (χ1) is 9.13. The van der Waals surface area contributed by atoms with Gasteiger partial charge in [-0.1, -0.05) is 20.8 Å². The van der Waals surface area contributed by atoms with Gasteiger partial charge in [-0.3, -0.25) is 4.79 Å². The van der Waals surface area contributed by atoms with E-state index in [9.17, 15) is 4.79 Å². The van der Waals surface area contributed by atoms with Gasteiger partial charge in [0.25, 0.3) is 5.56 Å². The second-order valence-electron chi connectivity index (χ2n) is 5.03. The predicted octanol–water partition coefficient (Wildman–Crippen LogP) is 2.13. The Bertz CT molecular complexity index is 415. The molecule has 0 saturated heterocycles. The molecule has 1 N–H and O–H groups in total. The summed E-state index contributed by atoms with van der Waals surface area (Å²) in [5.74, 6) is 0.643. The van der Waals surface area contributed by atoms with E-state index in [-0.39, 0.29) is 5.56 Å². The third-order valence-electron chi connectivity index (χ3n) is 2.74. The number of nitrogens with one attached hydrogen (secondary N) is 1. The molecule has 0 saturated carbocycles. The number of nitrogens with zero attached hydrogens (tertiary/aromatic N) is 2. The first kappa shape index (κ1) is 15.7. The van der Waals surface area contributed by atoms with Crippen molar-refractivity contribution in [2.75, 3.05) is 25.1 Å². The molecule has 5 heteroatoms. The van der Waals surface area contributed by atoms with Crippen molar-refractivity contribution >= 4 is 5.69 Å². The molecule has 0 aliphatic heterocycles. The fraction of sp³-hybridized carbons (Fsp3) is 0.714. The third-order valence-corrected chi connectivity index (χ3v) is 2.74. The average Bonchev–Trinajstić information content (AvgIpc) is 2.37. The standard InChI is InChI=1S/C14H25N3O2/c1-4-6-15-13-10-14(18)17(16-11-13)7-9-19-8-5-12(2)3/h10-12,15H,4-9H2,1-3H3. The van der Waals surface area contributed by atoms with Gasteiger partial charge in [0.1, 0.15) is 0 Å². The molecule has 0 amide bonds. The van der Waals surface area contributed by atoms with Gasteiger partial charge < -0.3 is 10.1 Å². The van der Waals surface area contributed by atoms with Crippen LogP contribution in [-0.2, 0) is 11.3 Å². The monoisotopic (exact) mass is 267 g/mol. The summed E-state index contributed by atoms with van der Waals surface area (Å²) < 4.78 is 6.92. The van der Waals surface area contributed by atoms with Crippen molar-refractivity contribution in [3.63, 3.8) is 0 Å². The summed E-state index contributed by atoms with van der Waals surface area (Å²) in [6.45, 7) is 9.03. The molecule has 0 aliphatic rings. The van der Waals surface area contributed by atoms with Crippen LogP contribution in [0.25, 0.3) is 0 Å². The van der Waals surface area contributed by atoms with Gasteiger partial charge in [0.05, 0.1) is 25.0 Å². The molecular weight excluding hydrogens is 242 g/mol. The lowest BCUT2D eigenvalue weighted by Crippen LogP contribution is -2.25. The molecule has 1 aromatic heterocycles. The van der Waals surface area contributed by atoms with Gasteiger partial charge in [-0.2, -0.15) is 5.10 Å². The molecule has 1 heterocycles. The summed E-state index contributed by atoms with van der Waals surface area (Å²) in [5, 5.41) is 7.27. The molecule has 0 fully saturated rings. The van der Waals surface area contributed by atoms with Crippen LogP contribution >= 0.6 is 0 Å². The number of hydrogen-bond donors (Lipinski definition) is 1. The molecular formula is C14H25N3O2. The average molecular weight is 267 g/mol. The van der Waals surface area contributed by atoms with Gasteiger partial charge >= 0.3 is 0 Å². The Kier molecular flexibility index (Phi) is 7.18. The van der Waals surface area contributed by atoms with Crippen LogP contribution in [0, 0.1) is 5.92 Å². The van der Waals surface area contributed by atoms with E-state index in [2.05, 4.69) is 31.2 Å². The highest BCUT2D eigenvalue weighted by atomic mass is 16.5. The smallest absolute Gasteiger partial charge is 0.268 e. The Balaban J connectivity index is 2.36. The van der Waals surface area contributed by atoms with Gasteiger partial charge in [-0.05, 0) is 18.8 Å². The molecule has 0 unspecified atom stereocenters. The largest absolute Gasteiger partial charge is 0.384 e. The van der Waals surface area contributed by atoms with Crippen LogP contribution in [0.4, 0.5) is 5.69 Å². The summed E-state index contributed by atoms with van der Waals surface area (Å²) in [7, 11) is 0. The van der Waals surface area contributed by atoms with Gasteiger partial charge in [-0.25, -0.2) is 4.68 Å². The number of aromatic nitrogens is 2. The van der Waals surface area contributed by atoms with E-state index in [1.807, 2.05) is 0 Å². The van der Waals surface area contributed by atoms with Gasteiger partial charge in [0, 0.05) is 19.2 Å². The second-order valence-corrected chi connectivity index (χ2v) is 5.03. The van der Waals surface area contributed by atoms with Gasteiger partial charge in [0.2, 0.25) is 0 Å². The summed E-state index contributed by atoms with van der Waals surface area (Å²) in [6, 6.07) is 1.58. The van der Waals surface area contributed by atoms with Crippen molar-refractivity contribution in [3.05, 3.63) is 22.6 Å². The lowest BCUT2D eigenvalue weighted by Gasteiger charge is -2.08. The van der Waals surface area contributed by atoms with Crippen molar-refractivity contribution in [2.24, 2.45) is 5.92 Å². The van der Waals surface area contributed by atoms with Crippen LogP contribution in [0.15, 0.2) is 17.1 Å². The zero-order chi connectivity index (χ0) is 14.1. The van der Waals surface area contributed by atoms with Crippen LogP contribution in [0.2, 0.25) is 0 Å². The minimum atomic E-state index is -0.0893. The fourth-order valence-electron chi connectivity index (χ4n) is 1.54. The van der Waals surface area contributed by atoms with E-state index < -0.39 is 0 Å².